The van der Waals surface area contributed by atoms with Gasteiger partial charge in [0.25, 0.3) is 5.69 Å². The van der Waals surface area contributed by atoms with Crippen LogP contribution in [0.4, 0.5) is 5.69 Å². The van der Waals surface area contributed by atoms with E-state index < -0.39 is 16.5 Å². The molecule has 130 valence electrons. The quantitative estimate of drug-likeness (QED) is 0.240. The van der Waals surface area contributed by atoms with Gasteiger partial charge in [-0.3, -0.25) is 14.9 Å². The van der Waals surface area contributed by atoms with E-state index in [1.807, 2.05) is 0 Å². The summed E-state index contributed by atoms with van der Waals surface area (Å²) in [5.41, 5.74) is 0.714. The summed E-state index contributed by atoms with van der Waals surface area (Å²) in [5, 5.41) is 12.0. The largest absolute Gasteiger partial charge is 0.469 e. The number of esters is 1. The number of benzene rings is 2. The number of nitrogens with zero attached hydrogens (tertiary/aromatic N) is 1. The topological polar surface area (TPSA) is 113 Å². The molecule has 0 N–H and O–H groups in total. The fourth-order valence-corrected chi connectivity index (χ4v) is 2.93. The molecule has 0 bridgehead atoms. The molecule has 8 nitrogen and oxygen atoms in total. The van der Waals surface area contributed by atoms with Crippen molar-refractivity contribution in [1.29, 1.82) is 0 Å². The lowest BCUT2D eigenvalue weighted by Crippen LogP contribution is -2.04. The average molecular weight is 353 g/mol. The number of rotatable bonds is 3. The van der Waals surface area contributed by atoms with E-state index in [4.69, 9.17) is 8.83 Å². The molecule has 2 aromatic heterocycles. The van der Waals surface area contributed by atoms with Crippen LogP contribution in [-0.2, 0) is 16.0 Å². The third kappa shape index (κ3) is 2.39. The molecule has 4 rings (SSSR count). The Morgan fingerprint density at radius 1 is 1.12 bits per heavy atom. The molecule has 0 fully saturated rings. The molecule has 4 aromatic rings. The van der Waals surface area contributed by atoms with E-state index in [2.05, 4.69) is 4.74 Å². The zero-order valence-electron chi connectivity index (χ0n) is 13.5. The Bertz CT molecular complexity index is 1270. The van der Waals surface area contributed by atoms with Crippen molar-refractivity contribution < 1.29 is 23.3 Å². The van der Waals surface area contributed by atoms with Crippen molar-refractivity contribution in [2.75, 3.05) is 7.11 Å². The number of nitro benzene ring substituents is 1. The van der Waals surface area contributed by atoms with Gasteiger partial charge in [0.15, 0.2) is 5.58 Å². The minimum atomic E-state index is -0.665. The van der Waals surface area contributed by atoms with Crippen molar-refractivity contribution in [2.24, 2.45) is 0 Å². The number of hydrogen-bond acceptors (Lipinski definition) is 7. The molecule has 0 aliphatic heterocycles. The molecule has 26 heavy (non-hydrogen) atoms. The summed E-state index contributed by atoms with van der Waals surface area (Å²) < 4.78 is 15.7. The number of furan rings is 1. The van der Waals surface area contributed by atoms with Crippen LogP contribution < -0.4 is 5.63 Å². The summed E-state index contributed by atoms with van der Waals surface area (Å²) in [4.78, 5) is 34.3. The predicted molar refractivity (Wildman–Crippen MR) is 92.1 cm³/mol. The molecular weight excluding hydrogens is 342 g/mol. The minimum Gasteiger partial charge on any atom is -0.469 e. The van der Waals surface area contributed by atoms with Crippen molar-refractivity contribution in [1.82, 2.24) is 0 Å². The van der Waals surface area contributed by atoms with Gasteiger partial charge < -0.3 is 13.6 Å². The first-order valence-corrected chi connectivity index (χ1v) is 7.61. The van der Waals surface area contributed by atoms with Crippen LogP contribution in [0.3, 0.4) is 0 Å². The van der Waals surface area contributed by atoms with E-state index in [1.54, 1.807) is 18.2 Å². The summed E-state index contributed by atoms with van der Waals surface area (Å²) in [6.45, 7) is 0. The van der Waals surface area contributed by atoms with Gasteiger partial charge in [-0.15, -0.1) is 0 Å². The molecule has 0 spiro atoms. The van der Waals surface area contributed by atoms with Crippen LogP contribution in [0.25, 0.3) is 32.9 Å². The van der Waals surface area contributed by atoms with Crippen molar-refractivity contribution in [3.63, 3.8) is 0 Å². The summed E-state index contributed by atoms with van der Waals surface area (Å²) in [6, 6.07) is 9.00. The molecule has 0 unspecified atom stereocenters. The lowest BCUT2D eigenvalue weighted by molar-refractivity contribution is -0.384. The maximum absolute atomic E-state index is 12.5. The summed E-state index contributed by atoms with van der Waals surface area (Å²) in [6.07, 6.45) is 0.0422. The summed E-state index contributed by atoms with van der Waals surface area (Å²) in [5.74, 6) is -0.413. The number of fused-ring (bicyclic) bond motifs is 5. The Morgan fingerprint density at radius 2 is 1.92 bits per heavy atom. The van der Waals surface area contributed by atoms with Crippen molar-refractivity contribution >= 4 is 44.6 Å². The van der Waals surface area contributed by atoms with Crippen LogP contribution in [-0.4, -0.2) is 18.0 Å². The van der Waals surface area contributed by atoms with E-state index in [9.17, 15) is 19.7 Å². The monoisotopic (exact) mass is 353 g/mol. The fraction of sp³-hybridized carbons (Fsp3) is 0.111. The third-order valence-corrected chi connectivity index (χ3v) is 4.16. The molecule has 0 radical (unpaired) electrons. The van der Waals surface area contributed by atoms with E-state index in [0.717, 1.165) is 0 Å². The summed E-state index contributed by atoms with van der Waals surface area (Å²) >= 11 is 0. The Kier molecular flexibility index (Phi) is 3.47. The number of methoxy groups -OCH3 is 1. The molecule has 0 saturated carbocycles. The van der Waals surface area contributed by atoms with Gasteiger partial charge in [0.1, 0.15) is 16.6 Å². The first-order chi connectivity index (χ1) is 12.5. The number of nitro groups is 1. The highest BCUT2D eigenvalue weighted by Gasteiger charge is 2.19. The molecule has 0 saturated heterocycles. The zero-order chi connectivity index (χ0) is 18.4. The van der Waals surface area contributed by atoms with E-state index in [-0.39, 0.29) is 28.7 Å². The van der Waals surface area contributed by atoms with Gasteiger partial charge in [-0.05, 0) is 23.8 Å². The lowest BCUT2D eigenvalue weighted by Gasteiger charge is -2.02. The number of carbonyl (C=O) groups is 1. The van der Waals surface area contributed by atoms with Gasteiger partial charge in [0.2, 0.25) is 0 Å². The molecule has 0 aliphatic rings. The standard InChI is InChI=1S/C18H11NO7/c1-24-15(20)7-9-2-4-11-14(6-9)26-18(21)16-12-8-10(19(22)23)3-5-13(12)25-17(11)16/h2-6,8H,7H2,1H3. The SMILES string of the molecule is COC(=O)Cc1ccc2c(c1)oc(=O)c1c3cc([N+](=O)[O-])ccc3oc21. The van der Waals surface area contributed by atoms with Crippen LogP contribution in [0.1, 0.15) is 5.56 Å². The van der Waals surface area contributed by atoms with Gasteiger partial charge in [0, 0.05) is 17.5 Å². The van der Waals surface area contributed by atoms with Crippen LogP contribution in [0.15, 0.2) is 50.0 Å². The number of hydrogen-bond donors (Lipinski definition) is 0. The van der Waals surface area contributed by atoms with Gasteiger partial charge in [-0.2, -0.15) is 0 Å². The Morgan fingerprint density at radius 3 is 2.65 bits per heavy atom. The van der Waals surface area contributed by atoms with Crippen molar-refractivity contribution in [3.8, 4) is 0 Å². The second kappa shape index (κ2) is 5.69. The van der Waals surface area contributed by atoms with Crippen LogP contribution >= 0.6 is 0 Å². The van der Waals surface area contributed by atoms with Crippen LogP contribution in [0.5, 0.6) is 0 Å². The highest BCUT2D eigenvalue weighted by molar-refractivity contribution is 6.13. The van der Waals surface area contributed by atoms with Crippen molar-refractivity contribution in [2.45, 2.75) is 6.42 Å². The van der Waals surface area contributed by atoms with E-state index >= 15 is 0 Å². The third-order valence-electron chi connectivity index (χ3n) is 4.16. The van der Waals surface area contributed by atoms with E-state index in [0.29, 0.717) is 21.9 Å². The van der Waals surface area contributed by atoms with Gasteiger partial charge in [-0.1, -0.05) is 6.07 Å². The van der Waals surface area contributed by atoms with E-state index in [1.165, 1.54) is 25.3 Å². The van der Waals surface area contributed by atoms with Gasteiger partial charge in [-0.25, -0.2) is 4.79 Å². The highest BCUT2D eigenvalue weighted by atomic mass is 16.6. The molecule has 2 aromatic carbocycles. The van der Waals surface area contributed by atoms with Gasteiger partial charge >= 0.3 is 11.6 Å². The second-order valence-corrected chi connectivity index (χ2v) is 5.72. The number of non-ortho nitro benzene ring substituents is 1. The van der Waals surface area contributed by atoms with Crippen LogP contribution in [0, 0.1) is 10.1 Å². The normalized spacial score (nSPS) is 11.3. The van der Waals surface area contributed by atoms with Crippen molar-refractivity contribution in [3.05, 3.63) is 62.5 Å². The lowest BCUT2D eigenvalue weighted by atomic mass is 10.1. The maximum Gasteiger partial charge on any atom is 0.348 e. The Labute approximate surface area is 144 Å². The molecule has 0 amide bonds. The second-order valence-electron chi connectivity index (χ2n) is 5.72. The number of carbonyl (C=O) groups excluding carboxylic acids is 1. The summed E-state index contributed by atoms with van der Waals surface area (Å²) in [7, 11) is 1.29. The Hall–Kier alpha value is -3.68. The Balaban J connectivity index is 2.00. The van der Waals surface area contributed by atoms with Gasteiger partial charge in [0.05, 0.1) is 23.8 Å². The smallest absolute Gasteiger partial charge is 0.348 e. The number of ether oxygens (including phenoxy) is 1. The molecule has 8 heteroatoms. The predicted octanol–water partition coefficient (Wildman–Crippen LogP) is 3.32. The fourth-order valence-electron chi connectivity index (χ4n) is 2.93. The maximum atomic E-state index is 12.5. The molecular formula is C18H11NO7. The first-order valence-electron chi connectivity index (χ1n) is 7.61. The molecule has 0 aliphatic carbocycles. The van der Waals surface area contributed by atoms with Crippen LogP contribution in [0.2, 0.25) is 0 Å². The molecule has 2 heterocycles. The molecule has 0 atom stereocenters. The zero-order valence-corrected chi connectivity index (χ0v) is 13.5. The minimum absolute atomic E-state index is 0.0422. The average Bonchev–Trinajstić information content (AvgIpc) is 3.00. The highest BCUT2D eigenvalue weighted by Crippen LogP contribution is 2.33. The first kappa shape index (κ1) is 15.8.